The van der Waals surface area contributed by atoms with Gasteiger partial charge in [-0.2, -0.15) is 0 Å². The maximum Gasteiger partial charge on any atom is 0.249 e. The Labute approximate surface area is 169 Å². The summed E-state index contributed by atoms with van der Waals surface area (Å²) < 4.78 is 0. The average molecular weight is 383 g/mol. The molecule has 0 aromatic carbocycles. The van der Waals surface area contributed by atoms with E-state index in [0.29, 0.717) is 22.8 Å². The zero-order chi connectivity index (χ0) is 20.3. The number of carbonyl (C=O) groups excluding carboxylic acids is 2. The third-order valence-corrected chi connectivity index (χ3v) is 8.70. The molecular weight excluding hydrogens is 348 g/mol. The van der Waals surface area contributed by atoms with Crippen LogP contribution in [0, 0.1) is 40.9 Å². The van der Waals surface area contributed by atoms with E-state index in [2.05, 4.69) is 30.4 Å². The van der Waals surface area contributed by atoms with Crippen molar-refractivity contribution in [3.8, 4) is 12.3 Å². The fourth-order valence-electron chi connectivity index (χ4n) is 7.15. The van der Waals surface area contributed by atoms with Gasteiger partial charge in [-0.1, -0.05) is 26.2 Å². The van der Waals surface area contributed by atoms with Crippen molar-refractivity contribution in [1.29, 1.82) is 0 Å². The molecule has 2 N–H and O–H groups in total. The second-order valence-corrected chi connectivity index (χ2v) is 10.7. The van der Waals surface area contributed by atoms with Gasteiger partial charge in [-0.05, 0) is 75.5 Å². The minimum atomic E-state index is -0.734. The average Bonchev–Trinajstić information content (AvgIpc) is 3.03. The lowest BCUT2D eigenvalue weighted by Crippen LogP contribution is -2.63. The Morgan fingerprint density at radius 1 is 1.21 bits per heavy atom. The van der Waals surface area contributed by atoms with Crippen LogP contribution in [-0.4, -0.2) is 23.4 Å². The molecule has 4 rings (SSSR count). The quantitative estimate of drug-likeness (QED) is 0.717. The molecule has 1 aliphatic heterocycles. The van der Waals surface area contributed by atoms with Gasteiger partial charge in [0.05, 0.1) is 5.54 Å². The molecular formula is C24H34N2O2. The molecule has 3 fully saturated rings. The SMILES string of the molecule is C#CC(C)(C)NC(=O)C1=CC(=O)NC2CC[C@@H]3[C@@H](CC[C@]4(C)CCC[C@@H]34)[C@@]12C. The van der Waals surface area contributed by atoms with Crippen LogP contribution in [0.3, 0.4) is 0 Å². The first kappa shape index (κ1) is 19.6. The smallest absolute Gasteiger partial charge is 0.249 e. The zero-order valence-corrected chi connectivity index (χ0v) is 17.7. The van der Waals surface area contributed by atoms with E-state index in [0.717, 1.165) is 25.2 Å². The van der Waals surface area contributed by atoms with Crippen molar-refractivity contribution in [2.24, 2.45) is 28.6 Å². The van der Waals surface area contributed by atoms with Crippen LogP contribution in [0.1, 0.15) is 72.6 Å². The van der Waals surface area contributed by atoms with E-state index in [1.807, 2.05) is 13.8 Å². The first-order chi connectivity index (χ1) is 13.1. The summed E-state index contributed by atoms with van der Waals surface area (Å²) in [5.41, 5.74) is 0.0541. The summed E-state index contributed by atoms with van der Waals surface area (Å²) in [5.74, 6) is 4.16. The number of amides is 2. The van der Waals surface area contributed by atoms with E-state index in [4.69, 9.17) is 6.42 Å². The largest absolute Gasteiger partial charge is 0.349 e. The van der Waals surface area contributed by atoms with E-state index < -0.39 is 5.54 Å². The number of hydrogen-bond donors (Lipinski definition) is 2. The summed E-state index contributed by atoms with van der Waals surface area (Å²) in [5, 5.41) is 6.17. The summed E-state index contributed by atoms with van der Waals surface area (Å²) >= 11 is 0. The van der Waals surface area contributed by atoms with E-state index in [9.17, 15) is 9.59 Å². The molecule has 0 radical (unpaired) electrons. The lowest BCUT2D eigenvalue weighted by atomic mass is 9.47. The van der Waals surface area contributed by atoms with Gasteiger partial charge in [-0.15, -0.1) is 6.42 Å². The molecule has 3 saturated carbocycles. The highest BCUT2D eigenvalue weighted by molar-refractivity contribution is 6.04. The van der Waals surface area contributed by atoms with Crippen molar-refractivity contribution in [3.05, 3.63) is 11.6 Å². The molecule has 6 atom stereocenters. The minimum Gasteiger partial charge on any atom is -0.349 e. The number of terminal acetylenes is 1. The normalized spacial score (nSPS) is 42.2. The van der Waals surface area contributed by atoms with Crippen LogP contribution in [0.4, 0.5) is 0 Å². The molecule has 0 aromatic rings. The Balaban J connectivity index is 1.71. The topological polar surface area (TPSA) is 58.2 Å². The lowest BCUT2D eigenvalue weighted by molar-refractivity contribution is -0.129. The second-order valence-electron chi connectivity index (χ2n) is 10.7. The predicted molar refractivity (Wildman–Crippen MR) is 110 cm³/mol. The Morgan fingerprint density at radius 3 is 2.68 bits per heavy atom. The Morgan fingerprint density at radius 2 is 1.96 bits per heavy atom. The molecule has 3 aliphatic carbocycles. The van der Waals surface area contributed by atoms with Gasteiger partial charge in [0.25, 0.3) is 0 Å². The number of rotatable bonds is 2. The summed E-state index contributed by atoms with van der Waals surface area (Å²) in [6, 6.07) is 0.0340. The van der Waals surface area contributed by atoms with E-state index in [1.165, 1.54) is 25.7 Å². The molecule has 4 aliphatic rings. The van der Waals surface area contributed by atoms with Crippen molar-refractivity contribution in [1.82, 2.24) is 10.6 Å². The third kappa shape index (κ3) is 2.81. The molecule has 0 spiro atoms. The molecule has 1 heterocycles. The van der Waals surface area contributed by atoms with Crippen LogP contribution in [-0.2, 0) is 9.59 Å². The minimum absolute atomic E-state index is 0.0340. The van der Waals surface area contributed by atoms with E-state index >= 15 is 0 Å². The monoisotopic (exact) mass is 382 g/mol. The Hall–Kier alpha value is -1.76. The van der Waals surface area contributed by atoms with Gasteiger partial charge in [0, 0.05) is 23.1 Å². The maximum atomic E-state index is 13.3. The molecule has 0 bridgehead atoms. The van der Waals surface area contributed by atoms with Crippen LogP contribution < -0.4 is 10.6 Å². The standard InChI is InChI=1S/C24H34N2O2/c1-6-22(2,3)26-21(28)18-14-20(27)25-19-10-9-15-16-8-7-12-23(16,4)13-11-17(15)24(18,19)5/h1,14-17,19H,7-13H2,2-5H3,(H,25,27)(H,26,28)/t15-,16-,17+,19?,23-,24-/m0/s1. The van der Waals surface area contributed by atoms with Crippen LogP contribution in [0.15, 0.2) is 11.6 Å². The fraction of sp³-hybridized carbons (Fsp3) is 0.750. The number of fused-ring (bicyclic) bond motifs is 5. The summed E-state index contributed by atoms with van der Waals surface area (Å²) in [6.07, 6.45) is 15.6. The zero-order valence-electron chi connectivity index (χ0n) is 17.7. The van der Waals surface area contributed by atoms with Crippen LogP contribution >= 0.6 is 0 Å². The summed E-state index contributed by atoms with van der Waals surface area (Å²) in [4.78, 5) is 25.7. The molecule has 152 valence electrons. The van der Waals surface area contributed by atoms with E-state index in [1.54, 1.807) is 6.08 Å². The first-order valence-corrected chi connectivity index (χ1v) is 10.9. The van der Waals surface area contributed by atoms with Gasteiger partial charge in [0.2, 0.25) is 11.8 Å². The van der Waals surface area contributed by atoms with Gasteiger partial charge >= 0.3 is 0 Å². The molecule has 0 saturated heterocycles. The molecule has 4 nitrogen and oxygen atoms in total. The van der Waals surface area contributed by atoms with Gasteiger partial charge in [0.1, 0.15) is 0 Å². The number of carbonyl (C=O) groups is 2. The highest BCUT2D eigenvalue weighted by Gasteiger charge is 2.60. The Kier molecular flexibility index (Phi) is 4.45. The number of hydrogen-bond acceptors (Lipinski definition) is 2. The molecule has 28 heavy (non-hydrogen) atoms. The summed E-state index contributed by atoms with van der Waals surface area (Å²) in [7, 11) is 0. The van der Waals surface area contributed by atoms with E-state index in [-0.39, 0.29) is 23.3 Å². The highest BCUT2D eigenvalue weighted by Crippen LogP contribution is 2.64. The lowest BCUT2D eigenvalue weighted by Gasteiger charge is -2.59. The van der Waals surface area contributed by atoms with Crippen LogP contribution in [0.5, 0.6) is 0 Å². The van der Waals surface area contributed by atoms with Gasteiger partial charge in [0.15, 0.2) is 0 Å². The molecule has 0 aromatic heterocycles. The highest BCUT2D eigenvalue weighted by atomic mass is 16.2. The van der Waals surface area contributed by atoms with Gasteiger partial charge in [-0.25, -0.2) is 0 Å². The van der Waals surface area contributed by atoms with Gasteiger partial charge < -0.3 is 10.6 Å². The van der Waals surface area contributed by atoms with Crippen LogP contribution in [0.25, 0.3) is 0 Å². The third-order valence-electron chi connectivity index (χ3n) is 8.70. The van der Waals surface area contributed by atoms with Crippen LogP contribution in [0.2, 0.25) is 0 Å². The second kappa shape index (κ2) is 6.37. The van der Waals surface area contributed by atoms with Crippen molar-refractivity contribution in [3.63, 3.8) is 0 Å². The molecule has 2 amide bonds. The van der Waals surface area contributed by atoms with Crippen molar-refractivity contribution >= 4 is 11.8 Å². The van der Waals surface area contributed by atoms with Crippen molar-refractivity contribution in [2.75, 3.05) is 0 Å². The Bertz CT molecular complexity index is 776. The maximum absolute atomic E-state index is 13.3. The summed E-state index contributed by atoms with van der Waals surface area (Å²) in [6.45, 7) is 8.35. The van der Waals surface area contributed by atoms with Gasteiger partial charge in [-0.3, -0.25) is 9.59 Å². The predicted octanol–water partition coefficient (Wildman–Crippen LogP) is 3.57. The molecule has 4 heteroatoms. The number of nitrogens with one attached hydrogen (secondary N) is 2. The first-order valence-electron chi connectivity index (χ1n) is 10.9. The molecule has 1 unspecified atom stereocenters. The fourth-order valence-corrected chi connectivity index (χ4v) is 7.15. The van der Waals surface area contributed by atoms with Crippen molar-refractivity contribution in [2.45, 2.75) is 84.2 Å². The van der Waals surface area contributed by atoms with Crippen molar-refractivity contribution < 1.29 is 9.59 Å².